The van der Waals surface area contributed by atoms with Crippen LogP contribution in [-0.2, 0) is 9.59 Å². The second-order valence-corrected chi connectivity index (χ2v) is 6.70. The molecule has 3 rings (SSSR count). The van der Waals surface area contributed by atoms with Crippen LogP contribution in [0.4, 0.5) is 0 Å². The second kappa shape index (κ2) is 7.75. The molecule has 1 unspecified atom stereocenters. The van der Waals surface area contributed by atoms with Gasteiger partial charge in [-0.05, 0) is 36.2 Å². The third-order valence-corrected chi connectivity index (χ3v) is 4.78. The number of carbonyl (C=O) groups is 2. The van der Waals surface area contributed by atoms with Crippen molar-refractivity contribution in [2.75, 3.05) is 6.54 Å². The number of nitrogens with zero attached hydrogens (tertiary/aromatic N) is 1. The molecule has 2 aromatic rings. The molecule has 2 aromatic carbocycles. The van der Waals surface area contributed by atoms with E-state index in [0.29, 0.717) is 17.1 Å². The van der Waals surface area contributed by atoms with Gasteiger partial charge in [0.05, 0.1) is 11.6 Å². The normalized spacial score (nSPS) is 19.2. The number of Topliss-reactive ketones (excluding diaryl/α,β-unsaturated/α-hetero) is 1. The van der Waals surface area contributed by atoms with Crippen LogP contribution in [0.5, 0.6) is 0 Å². The van der Waals surface area contributed by atoms with E-state index in [9.17, 15) is 14.7 Å². The molecule has 0 aromatic heterocycles. The van der Waals surface area contributed by atoms with Gasteiger partial charge in [-0.15, -0.1) is 0 Å². The molecule has 1 atom stereocenters. The van der Waals surface area contributed by atoms with Crippen LogP contribution in [-0.4, -0.2) is 28.2 Å². The Morgan fingerprint density at radius 1 is 1.08 bits per heavy atom. The standard InChI is InChI=1S/C21H20ClNO3/c1-2-3-13-23-18(14-7-5-4-6-8-14)17(20(25)21(23)26)19(24)15-9-11-16(22)12-10-15/h4-12,18,24H,2-3,13H2,1H3/b19-17+. The van der Waals surface area contributed by atoms with Gasteiger partial charge in [-0.2, -0.15) is 0 Å². The summed E-state index contributed by atoms with van der Waals surface area (Å²) in [4.78, 5) is 26.9. The number of rotatable bonds is 5. The molecule has 0 bridgehead atoms. The van der Waals surface area contributed by atoms with Crippen molar-refractivity contribution in [1.29, 1.82) is 0 Å². The smallest absolute Gasteiger partial charge is 0.295 e. The number of unbranched alkanes of at least 4 members (excludes halogenated alkanes) is 1. The Bertz CT molecular complexity index is 843. The number of halogens is 1. The van der Waals surface area contributed by atoms with Crippen molar-refractivity contribution in [2.24, 2.45) is 0 Å². The minimum atomic E-state index is -0.651. The first kappa shape index (κ1) is 18.2. The van der Waals surface area contributed by atoms with Crippen LogP contribution in [0.1, 0.15) is 36.9 Å². The monoisotopic (exact) mass is 369 g/mol. The van der Waals surface area contributed by atoms with Crippen LogP contribution >= 0.6 is 11.6 Å². The maximum Gasteiger partial charge on any atom is 0.295 e. The SMILES string of the molecule is CCCCN1C(=O)C(=O)/C(=C(/O)c2ccc(Cl)cc2)C1c1ccccc1. The number of carbonyl (C=O) groups excluding carboxylic acids is 2. The number of hydrogen-bond acceptors (Lipinski definition) is 3. The van der Waals surface area contributed by atoms with Crippen molar-refractivity contribution >= 4 is 29.1 Å². The van der Waals surface area contributed by atoms with E-state index in [4.69, 9.17) is 11.6 Å². The van der Waals surface area contributed by atoms with Crippen LogP contribution in [0.15, 0.2) is 60.2 Å². The third-order valence-electron chi connectivity index (χ3n) is 4.53. The number of aliphatic hydroxyl groups excluding tert-OH is 1. The first-order valence-corrected chi connectivity index (χ1v) is 9.01. The van der Waals surface area contributed by atoms with Gasteiger partial charge in [0, 0.05) is 17.1 Å². The molecule has 0 aliphatic carbocycles. The van der Waals surface area contributed by atoms with Crippen molar-refractivity contribution in [2.45, 2.75) is 25.8 Å². The Hall–Kier alpha value is -2.59. The Balaban J connectivity index is 2.14. The third kappa shape index (κ3) is 3.37. The molecule has 1 amide bonds. The molecule has 1 fully saturated rings. The minimum Gasteiger partial charge on any atom is -0.507 e. The lowest BCUT2D eigenvalue weighted by Gasteiger charge is -2.25. The highest BCUT2D eigenvalue weighted by Crippen LogP contribution is 2.39. The van der Waals surface area contributed by atoms with E-state index in [1.807, 2.05) is 37.3 Å². The molecular formula is C21H20ClNO3. The van der Waals surface area contributed by atoms with Crippen molar-refractivity contribution < 1.29 is 14.7 Å². The molecule has 1 aliphatic rings. The fourth-order valence-electron chi connectivity index (χ4n) is 3.18. The molecular weight excluding hydrogens is 350 g/mol. The maximum atomic E-state index is 12.7. The fraction of sp³-hybridized carbons (Fsp3) is 0.238. The molecule has 0 spiro atoms. The van der Waals surface area contributed by atoms with Crippen LogP contribution in [0.3, 0.4) is 0 Å². The molecule has 1 heterocycles. The number of ketones is 1. The highest BCUT2D eigenvalue weighted by molar-refractivity contribution is 6.46. The van der Waals surface area contributed by atoms with Gasteiger partial charge in [0.15, 0.2) is 0 Å². The fourth-order valence-corrected chi connectivity index (χ4v) is 3.31. The summed E-state index contributed by atoms with van der Waals surface area (Å²) in [6.45, 7) is 2.50. The number of amides is 1. The van der Waals surface area contributed by atoms with Gasteiger partial charge in [0.1, 0.15) is 5.76 Å². The highest BCUT2D eigenvalue weighted by atomic mass is 35.5. The average molecular weight is 370 g/mol. The number of likely N-dealkylation sites (tertiary alicyclic amines) is 1. The van der Waals surface area contributed by atoms with E-state index in [1.54, 1.807) is 29.2 Å². The van der Waals surface area contributed by atoms with Crippen LogP contribution < -0.4 is 0 Å². The summed E-state index contributed by atoms with van der Waals surface area (Å²) in [7, 11) is 0. The van der Waals surface area contributed by atoms with Gasteiger partial charge in [0.2, 0.25) is 0 Å². The lowest BCUT2D eigenvalue weighted by atomic mass is 9.95. The molecule has 1 aliphatic heterocycles. The van der Waals surface area contributed by atoms with Crippen LogP contribution in [0.2, 0.25) is 5.02 Å². The first-order valence-electron chi connectivity index (χ1n) is 8.64. The number of benzene rings is 2. The van der Waals surface area contributed by atoms with Gasteiger partial charge < -0.3 is 10.0 Å². The molecule has 1 saturated heterocycles. The quantitative estimate of drug-likeness (QED) is 0.477. The van der Waals surface area contributed by atoms with Crippen LogP contribution in [0.25, 0.3) is 5.76 Å². The summed E-state index contributed by atoms with van der Waals surface area (Å²) in [5.41, 5.74) is 1.39. The molecule has 0 saturated carbocycles. The van der Waals surface area contributed by atoms with Gasteiger partial charge in [-0.1, -0.05) is 55.3 Å². The Kier molecular flexibility index (Phi) is 5.43. The molecule has 5 heteroatoms. The summed E-state index contributed by atoms with van der Waals surface area (Å²) in [6.07, 6.45) is 1.69. The lowest BCUT2D eigenvalue weighted by Crippen LogP contribution is -2.30. The van der Waals surface area contributed by atoms with Crippen molar-refractivity contribution in [3.63, 3.8) is 0 Å². The van der Waals surface area contributed by atoms with Crippen molar-refractivity contribution in [3.8, 4) is 0 Å². The second-order valence-electron chi connectivity index (χ2n) is 6.26. The van der Waals surface area contributed by atoms with Gasteiger partial charge in [-0.3, -0.25) is 9.59 Å². The molecule has 4 nitrogen and oxygen atoms in total. The number of aliphatic hydroxyl groups is 1. The molecule has 1 N–H and O–H groups in total. The Morgan fingerprint density at radius 3 is 2.35 bits per heavy atom. The zero-order chi connectivity index (χ0) is 18.7. The van der Waals surface area contributed by atoms with Crippen molar-refractivity contribution in [3.05, 3.63) is 76.3 Å². The van der Waals surface area contributed by atoms with Gasteiger partial charge >= 0.3 is 0 Å². The molecule has 134 valence electrons. The zero-order valence-corrected chi connectivity index (χ0v) is 15.2. The summed E-state index contributed by atoms with van der Waals surface area (Å²) in [5, 5.41) is 11.3. The van der Waals surface area contributed by atoms with Crippen LogP contribution in [0, 0.1) is 0 Å². The van der Waals surface area contributed by atoms with E-state index >= 15 is 0 Å². The summed E-state index contributed by atoms with van der Waals surface area (Å²) >= 11 is 5.91. The maximum absolute atomic E-state index is 12.7. The van der Waals surface area contributed by atoms with Gasteiger partial charge in [-0.25, -0.2) is 0 Å². The van der Waals surface area contributed by atoms with Crippen molar-refractivity contribution in [1.82, 2.24) is 4.90 Å². The predicted molar refractivity (Wildman–Crippen MR) is 102 cm³/mol. The molecule has 0 radical (unpaired) electrons. The summed E-state index contributed by atoms with van der Waals surface area (Å²) < 4.78 is 0. The van der Waals surface area contributed by atoms with E-state index < -0.39 is 17.7 Å². The predicted octanol–water partition coefficient (Wildman–Crippen LogP) is 4.56. The average Bonchev–Trinajstić information content (AvgIpc) is 2.91. The summed E-state index contributed by atoms with van der Waals surface area (Å²) in [5.74, 6) is -1.39. The topological polar surface area (TPSA) is 57.6 Å². The minimum absolute atomic E-state index is 0.125. The summed E-state index contributed by atoms with van der Waals surface area (Å²) in [6, 6.07) is 15.3. The van der Waals surface area contributed by atoms with E-state index in [2.05, 4.69) is 0 Å². The van der Waals surface area contributed by atoms with E-state index in [0.717, 1.165) is 18.4 Å². The van der Waals surface area contributed by atoms with E-state index in [1.165, 1.54) is 0 Å². The largest absolute Gasteiger partial charge is 0.507 e. The first-order chi connectivity index (χ1) is 12.5. The molecule has 26 heavy (non-hydrogen) atoms. The Morgan fingerprint density at radius 2 is 1.73 bits per heavy atom. The zero-order valence-electron chi connectivity index (χ0n) is 14.5. The van der Waals surface area contributed by atoms with Gasteiger partial charge in [0.25, 0.3) is 11.7 Å². The van der Waals surface area contributed by atoms with E-state index in [-0.39, 0.29) is 11.3 Å². The highest BCUT2D eigenvalue weighted by Gasteiger charge is 2.45. The lowest BCUT2D eigenvalue weighted by molar-refractivity contribution is -0.139. The Labute approximate surface area is 157 Å². The number of hydrogen-bond donors (Lipinski definition) is 1.